The molecule has 6 heteroatoms. The number of benzene rings is 1. The molecule has 1 aromatic carbocycles. The molecule has 2 aromatic rings. The number of furan rings is 1. The summed E-state index contributed by atoms with van der Waals surface area (Å²) in [7, 11) is 1.89. The van der Waals surface area contributed by atoms with Crippen LogP contribution in [0, 0.1) is 6.92 Å². The molecule has 1 heterocycles. The van der Waals surface area contributed by atoms with E-state index in [2.05, 4.69) is 10.9 Å². The summed E-state index contributed by atoms with van der Waals surface area (Å²) >= 11 is 0. The van der Waals surface area contributed by atoms with E-state index in [1.165, 1.54) is 0 Å². The van der Waals surface area contributed by atoms with E-state index in [9.17, 15) is 9.59 Å². The Morgan fingerprint density at radius 1 is 1.09 bits per heavy atom. The normalized spacial score (nSPS) is 11.7. The van der Waals surface area contributed by atoms with E-state index in [4.69, 9.17) is 4.42 Å². The molecule has 2 amide bonds. The lowest BCUT2D eigenvalue weighted by molar-refractivity contribution is -0.886. The van der Waals surface area contributed by atoms with Crippen molar-refractivity contribution >= 4 is 11.8 Å². The highest BCUT2D eigenvalue weighted by Gasteiger charge is 2.13. The van der Waals surface area contributed by atoms with Crippen LogP contribution in [0.5, 0.6) is 0 Å². The Morgan fingerprint density at radius 3 is 2.45 bits per heavy atom. The van der Waals surface area contributed by atoms with Gasteiger partial charge in [-0.3, -0.25) is 20.4 Å². The number of hydrogen-bond acceptors (Lipinski definition) is 3. The Balaban J connectivity index is 1.74. The molecule has 0 aliphatic heterocycles. The molecular formula is C16H20N3O3+. The van der Waals surface area contributed by atoms with Gasteiger partial charge in [-0.1, -0.05) is 18.2 Å². The number of hydrazine groups is 1. The highest BCUT2D eigenvalue weighted by atomic mass is 16.3. The molecule has 2 rings (SSSR count). The monoisotopic (exact) mass is 302 g/mol. The zero-order chi connectivity index (χ0) is 15.9. The van der Waals surface area contributed by atoms with Crippen LogP contribution < -0.4 is 15.8 Å². The summed E-state index contributed by atoms with van der Waals surface area (Å²) in [4.78, 5) is 24.5. The molecule has 22 heavy (non-hydrogen) atoms. The molecular weight excluding hydrogens is 282 g/mol. The second kappa shape index (κ2) is 7.42. The summed E-state index contributed by atoms with van der Waals surface area (Å²) in [5.41, 5.74) is 5.30. The van der Waals surface area contributed by atoms with Crippen LogP contribution in [0.4, 0.5) is 0 Å². The Labute approximate surface area is 129 Å². The van der Waals surface area contributed by atoms with Gasteiger partial charge < -0.3 is 9.32 Å². The zero-order valence-electron chi connectivity index (χ0n) is 12.7. The maximum Gasteiger partial charge on any atom is 0.293 e. The first-order valence-electron chi connectivity index (χ1n) is 7.05. The molecule has 0 saturated heterocycles. The molecule has 116 valence electrons. The van der Waals surface area contributed by atoms with Crippen molar-refractivity contribution < 1.29 is 18.9 Å². The number of likely N-dealkylation sites (N-methyl/N-ethyl adjacent to an activating group) is 1. The van der Waals surface area contributed by atoms with Gasteiger partial charge in [-0.05, 0) is 31.2 Å². The molecule has 0 aliphatic rings. The lowest BCUT2D eigenvalue weighted by Crippen LogP contribution is -3.09. The van der Waals surface area contributed by atoms with Crippen LogP contribution in [0.3, 0.4) is 0 Å². The fraction of sp³-hybridized carbons (Fsp3) is 0.250. The van der Waals surface area contributed by atoms with Gasteiger partial charge in [0.15, 0.2) is 12.3 Å². The topological polar surface area (TPSA) is 75.8 Å². The molecule has 0 radical (unpaired) electrons. The smallest absolute Gasteiger partial charge is 0.293 e. The predicted octanol–water partition coefficient (Wildman–Crippen LogP) is 0.0639. The van der Waals surface area contributed by atoms with Crippen molar-refractivity contribution in [2.75, 3.05) is 13.6 Å². The average Bonchev–Trinajstić information content (AvgIpc) is 2.90. The minimum absolute atomic E-state index is 0.231. The number of carbonyl (C=O) groups excluding carboxylic acids is 2. The van der Waals surface area contributed by atoms with Crippen LogP contribution >= 0.6 is 0 Å². The van der Waals surface area contributed by atoms with E-state index in [1.54, 1.807) is 24.3 Å². The minimum atomic E-state index is -0.340. The third-order valence-electron chi connectivity index (χ3n) is 3.09. The number of aryl methyl sites for hydroxylation is 1. The van der Waals surface area contributed by atoms with Crippen LogP contribution in [0.25, 0.3) is 0 Å². The van der Waals surface area contributed by atoms with Crippen molar-refractivity contribution in [3.63, 3.8) is 0 Å². The van der Waals surface area contributed by atoms with Crippen molar-refractivity contribution in [3.8, 4) is 0 Å². The molecule has 0 saturated carbocycles. The average molecular weight is 302 g/mol. The van der Waals surface area contributed by atoms with Crippen LogP contribution in [-0.2, 0) is 11.3 Å². The van der Waals surface area contributed by atoms with Gasteiger partial charge in [-0.15, -0.1) is 0 Å². The molecule has 1 aromatic heterocycles. The summed E-state index contributed by atoms with van der Waals surface area (Å²) in [5, 5.41) is 0. The second-order valence-corrected chi connectivity index (χ2v) is 5.19. The van der Waals surface area contributed by atoms with Gasteiger partial charge in [0.2, 0.25) is 0 Å². The Bertz CT molecular complexity index is 637. The van der Waals surface area contributed by atoms with Gasteiger partial charge in [0.25, 0.3) is 11.8 Å². The van der Waals surface area contributed by atoms with Gasteiger partial charge in [-0.25, -0.2) is 0 Å². The van der Waals surface area contributed by atoms with Gasteiger partial charge in [0, 0.05) is 5.56 Å². The van der Waals surface area contributed by atoms with E-state index in [0.29, 0.717) is 12.1 Å². The van der Waals surface area contributed by atoms with E-state index in [-0.39, 0.29) is 18.4 Å². The van der Waals surface area contributed by atoms with Gasteiger partial charge in [-0.2, -0.15) is 0 Å². The molecule has 0 aliphatic carbocycles. The first-order chi connectivity index (χ1) is 10.5. The fourth-order valence-corrected chi connectivity index (χ4v) is 2.05. The van der Waals surface area contributed by atoms with E-state index in [0.717, 1.165) is 16.4 Å². The van der Waals surface area contributed by atoms with E-state index in [1.807, 2.05) is 32.2 Å². The number of amides is 2. The molecule has 6 nitrogen and oxygen atoms in total. The minimum Gasteiger partial charge on any atom is -0.460 e. The maximum atomic E-state index is 11.8. The van der Waals surface area contributed by atoms with Crippen LogP contribution in [0.2, 0.25) is 0 Å². The summed E-state index contributed by atoms with van der Waals surface area (Å²) in [6, 6.07) is 12.5. The molecule has 1 unspecified atom stereocenters. The number of rotatable bonds is 5. The Morgan fingerprint density at radius 2 is 1.82 bits per heavy atom. The second-order valence-electron chi connectivity index (χ2n) is 5.19. The number of nitrogens with one attached hydrogen (secondary N) is 3. The standard InChI is InChI=1S/C16H19N3O3/c1-12-8-9-14(22-12)10-19(2)11-15(20)17-18-16(21)13-6-4-3-5-7-13/h3-9H,10-11H2,1-2H3,(H,17,20)(H,18,21)/p+1. The number of quaternary nitrogens is 1. The lowest BCUT2D eigenvalue weighted by Gasteiger charge is -2.13. The van der Waals surface area contributed by atoms with Gasteiger partial charge >= 0.3 is 0 Å². The number of carbonyl (C=O) groups is 2. The SMILES string of the molecule is Cc1ccc(C[NH+](C)CC(=O)NNC(=O)c2ccccc2)o1. The van der Waals surface area contributed by atoms with Gasteiger partial charge in [0.05, 0.1) is 7.05 Å². The highest BCUT2D eigenvalue weighted by Crippen LogP contribution is 2.03. The zero-order valence-corrected chi connectivity index (χ0v) is 12.7. The largest absolute Gasteiger partial charge is 0.460 e. The highest BCUT2D eigenvalue weighted by molar-refractivity contribution is 5.95. The molecule has 0 fully saturated rings. The Hall–Kier alpha value is -2.60. The van der Waals surface area contributed by atoms with E-state index < -0.39 is 0 Å². The van der Waals surface area contributed by atoms with Crippen molar-refractivity contribution in [3.05, 3.63) is 59.5 Å². The quantitative estimate of drug-likeness (QED) is 0.684. The van der Waals surface area contributed by atoms with Crippen molar-refractivity contribution in [2.45, 2.75) is 13.5 Å². The third-order valence-corrected chi connectivity index (χ3v) is 3.09. The first-order valence-corrected chi connectivity index (χ1v) is 7.05. The van der Waals surface area contributed by atoms with Gasteiger partial charge in [0.1, 0.15) is 12.3 Å². The summed E-state index contributed by atoms with van der Waals surface area (Å²) in [6.07, 6.45) is 0. The first kappa shape index (κ1) is 15.8. The predicted molar refractivity (Wildman–Crippen MR) is 81.0 cm³/mol. The molecule has 0 spiro atoms. The molecule has 1 atom stereocenters. The summed E-state index contributed by atoms with van der Waals surface area (Å²) in [6.45, 7) is 2.72. The van der Waals surface area contributed by atoms with Crippen LogP contribution in [0.15, 0.2) is 46.9 Å². The lowest BCUT2D eigenvalue weighted by atomic mass is 10.2. The summed E-state index contributed by atoms with van der Waals surface area (Å²) < 4.78 is 5.47. The fourth-order valence-electron chi connectivity index (χ4n) is 2.05. The molecule has 3 N–H and O–H groups in total. The third kappa shape index (κ3) is 4.75. The number of hydrogen-bond donors (Lipinski definition) is 3. The molecule has 0 bridgehead atoms. The van der Waals surface area contributed by atoms with Crippen LogP contribution in [0.1, 0.15) is 21.9 Å². The van der Waals surface area contributed by atoms with Crippen molar-refractivity contribution in [2.24, 2.45) is 0 Å². The Kier molecular flexibility index (Phi) is 5.32. The maximum absolute atomic E-state index is 11.8. The van der Waals surface area contributed by atoms with Crippen molar-refractivity contribution in [1.82, 2.24) is 10.9 Å². The van der Waals surface area contributed by atoms with Crippen molar-refractivity contribution in [1.29, 1.82) is 0 Å². The summed E-state index contributed by atoms with van der Waals surface area (Å²) in [5.74, 6) is 1.08. The van der Waals surface area contributed by atoms with Crippen LogP contribution in [-0.4, -0.2) is 25.4 Å². The van der Waals surface area contributed by atoms with E-state index >= 15 is 0 Å².